The first kappa shape index (κ1) is 31.3. The molecule has 6 atom stereocenters. The van der Waals surface area contributed by atoms with E-state index in [9.17, 15) is 19.8 Å². The van der Waals surface area contributed by atoms with Gasteiger partial charge in [-0.05, 0) is 74.5 Å². The van der Waals surface area contributed by atoms with Crippen LogP contribution in [-0.4, -0.2) is 62.5 Å². The Balaban J connectivity index is 1.58. The van der Waals surface area contributed by atoms with E-state index in [0.29, 0.717) is 29.8 Å². The second-order valence-corrected chi connectivity index (χ2v) is 12.5. The lowest BCUT2D eigenvalue weighted by atomic mass is 9.46. The monoisotopic (exact) mass is 603 g/mol. The first-order valence-electron chi connectivity index (χ1n) is 15.1. The number of ether oxygens (including phenoxy) is 2. The van der Waals surface area contributed by atoms with E-state index >= 15 is 0 Å². The Bertz CT molecular complexity index is 1480. The Hall–Kier alpha value is -4.09. The molecule has 234 valence electrons. The number of esters is 2. The summed E-state index contributed by atoms with van der Waals surface area (Å²) in [5, 5.41) is 24.8. The molecule has 0 radical (unpaired) electrons. The highest BCUT2D eigenvalue weighted by molar-refractivity contribution is 6.18. The van der Waals surface area contributed by atoms with Crippen LogP contribution in [0, 0.1) is 22.7 Å². The van der Waals surface area contributed by atoms with E-state index in [1.54, 1.807) is 19.2 Å². The van der Waals surface area contributed by atoms with Crippen molar-refractivity contribution < 1.29 is 29.3 Å². The highest BCUT2D eigenvalue weighted by atomic mass is 16.6. The van der Waals surface area contributed by atoms with Crippen LogP contribution in [0.4, 0.5) is 11.8 Å². The van der Waals surface area contributed by atoms with E-state index in [0.717, 1.165) is 24.8 Å². The zero-order valence-electron chi connectivity index (χ0n) is 25.5. The van der Waals surface area contributed by atoms with E-state index in [4.69, 9.17) is 15.2 Å². The van der Waals surface area contributed by atoms with Crippen LogP contribution < -0.4 is 11.1 Å². The number of fused-ring (bicyclic) bond motifs is 1. The molecule has 0 bridgehead atoms. The summed E-state index contributed by atoms with van der Waals surface area (Å²) in [4.78, 5) is 39.1. The molecule has 2 aromatic heterocycles. The van der Waals surface area contributed by atoms with Gasteiger partial charge in [0, 0.05) is 29.6 Å². The van der Waals surface area contributed by atoms with Gasteiger partial charge in [0.2, 0.25) is 5.95 Å². The van der Waals surface area contributed by atoms with Crippen molar-refractivity contribution in [2.24, 2.45) is 22.7 Å². The molecule has 3 unspecified atom stereocenters. The molecule has 2 fully saturated rings. The van der Waals surface area contributed by atoms with E-state index in [-0.39, 0.29) is 47.7 Å². The fourth-order valence-electron chi connectivity index (χ4n) is 7.55. The molecule has 0 aromatic carbocycles. The lowest BCUT2D eigenvalue weighted by Crippen LogP contribution is -2.58. The van der Waals surface area contributed by atoms with Crippen molar-refractivity contribution in [1.29, 1.82) is 0 Å². The summed E-state index contributed by atoms with van der Waals surface area (Å²) in [6, 6.07) is 4.92. The highest BCUT2D eigenvalue weighted by Crippen LogP contribution is 2.62. The average Bonchev–Trinajstić information content (AvgIpc) is 3.38. The third-order valence-electron chi connectivity index (χ3n) is 9.94. The molecule has 1 aliphatic heterocycles. The molecule has 5 rings (SSSR count). The summed E-state index contributed by atoms with van der Waals surface area (Å²) in [6.07, 6.45) is 8.78. The summed E-state index contributed by atoms with van der Waals surface area (Å²) in [7, 11) is 0. The molecule has 0 saturated heterocycles. The Kier molecular flexibility index (Phi) is 8.90. The maximum absolute atomic E-state index is 13.6. The number of cyclic esters (lactones) is 1. The zero-order valence-corrected chi connectivity index (χ0v) is 25.5. The number of carbonyl (C=O) groups excluding carboxylic acids is 2. The Morgan fingerprint density at radius 1 is 1.25 bits per heavy atom. The maximum Gasteiger partial charge on any atom is 0.342 e. The Morgan fingerprint density at radius 2 is 2.00 bits per heavy atom. The van der Waals surface area contributed by atoms with Crippen LogP contribution in [0.15, 0.2) is 66.3 Å². The number of nitrogens with one attached hydrogen (secondary N) is 1. The number of aliphatic hydroxyl groups is 2. The number of hydrogen-bond acceptors (Lipinski definition) is 11. The number of nitrogens with zero attached hydrogens (tertiary/aromatic N) is 3. The van der Waals surface area contributed by atoms with Crippen molar-refractivity contribution in [2.45, 2.75) is 65.0 Å². The van der Waals surface area contributed by atoms with Crippen LogP contribution in [0.2, 0.25) is 0 Å². The van der Waals surface area contributed by atoms with Crippen LogP contribution in [0.25, 0.3) is 5.57 Å². The molecule has 44 heavy (non-hydrogen) atoms. The number of anilines is 2. The van der Waals surface area contributed by atoms with E-state index in [1.807, 2.05) is 25.1 Å². The van der Waals surface area contributed by atoms with Gasteiger partial charge >= 0.3 is 11.9 Å². The number of allylic oxidation sites excluding steroid dienone is 2. The third kappa shape index (κ3) is 5.73. The number of pyridine rings is 1. The molecule has 2 aromatic rings. The van der Waals surface area contributed by atoms with Crippen LogP contribution in [0.5, 0.6) is 0 Å². The quantitative estimate of drug-likeness (QED) is 0.187. The molecule has 5 N–H and O–H groups in total. The fourth-order valence-corrected chi connectivity index (χ4v) is 7.55. The molecular formula is C33H41N5O6. The van der Waals surface area contributed by atoms with Crippen molar-refractivity contribution in [2.75, 3.05) is 24.3 Å². The largest absolute Gasteiger partial charge is 0.462 e. The lowest BCUT2D eigenvalue weighted by molar-refractivity contribution is -0.152. The lowest BCUT2D eigenvalue weighted by Gasteiger charge is -2.60. The van der Waals surface area contributed by atoms with Gasteiger partial charge in [0.25, 0.3) is 0 Å². The van der Waals surface area contributed by atoms with Crippen molar-refractivity contribution in [3.05, 3.63) is 71.9 Å². The molecule has 3 heterocycles. The number of carbonyl (C=O) groups is 2. The van der Waals surface area contributed by atoms with Crippen LogP contribution in [0.1, 0.15) is 58.4 Å². The second kappa shape index (κ2) is 12.5. The minimum Gasteiger partial charge on any atom is -0.462 e. The van der Waals surface area contributed by atoms with Gasteiger partial charge in [-0.1, -0.05) is 32.1 Å². The topological polar surface area (TPSA) is 170 Å². The van der Waals surface area contributed by atoms with Gasteiger partial charge in [0.1, 0.15) is 17.2 Å². The summed E-state index contributed by atoms with van der Waals surface area (Å²) < 4.78 is 11.0. The number of hydrogen-bond donors (Lipinski definition) is 4. The highest BCUT2D eigenvalue weighted by Gasteiger charge is 2.58. The standard InChI is InChI=1S/C33H41N5O6/c1-5-43-30(42)28(20-16-36-31(34)37-17-20)24-14-21(29(41)44-24)23(38-27-8-6-7-13-35-27)15-22-19(2)9-10-25-32(22,3)12-11-26(40)33(25,4)18-39/h6-8,13-14,16-17,22-23,25-26,39-40H,2,5,9-12,15,18H2,1,3-4H3,(H,35,38)(H2,34,36,37)/t22?,23?,25?,26-,32-,33+/m1/s1. The molecule has 0 spiro atoms. The van der Waals surface area contributed by atoms with Crippen molar-refractivity contribution in [3.63, 3.8) is 0 Å². The Morgan fingerprint density at radius 3 is 2.66 bits per heavy atom. The predicted molar refractivity (Wildman–Crippen MR) is 164 cm³/mol. The first-order chi connectivity index (χ1) is 21.0. The van der Waals surface area contributed by atoms with Gasteiger partial charge in [-0.3, -0.25) is 0 Å². The third-order valence-corrected chi connectivity index (χ3v) is 9.94. The van der Waals surface area contributed by atoms with Crippen LogP contribution in [-0.2, 0) is 19.1 Å². The van der Waals surface area contributed by atoms with Gasteiger partial charge in [-0.25, -0.2) is 24.5 Å². The van der Waals surface area contributed by atoms with E-state index in [2.05, 4.69) is 33.8 Å². The molecule has 2 saturated carbocycles. The number of nitrogens with two attached hydrogens (primary N) is 1. The van der Waals surface area contributed by atoms with Gasteiger partial charge < -0.3 is 30.7 Å². The first-order valence-corrected chi connectivity index (χ1v) is 15.1. The molecule has 11 nitrogen and oxygen atoms in total. The van der Waals surface area contributed by atoms with Gasteiger partial charge in [0.05, 0.1) is 30.9 Å². The fraction of sp³-hybridized carbons (Fsp3) is 0.485. The molecule has 3 aliphatic rings. The minimum absolute atomic E-state index is 0.0147. The van der Waals surface area contributed by atoms with Crippen molar-refractivity contribution >= 4 is 29.3 Å². The molecule has 0 amide bonds. The number of rotatable bonds is 9. The number of aliphatic hydroxyl groups excluding tert-OH is 2. The summed E-state index contributed by atoms with van der Waals surface area (Å²) in [5.41, 5.74) is 6.44. The molecule has 11 heteroatoms. The van der Waals surface area contributed by atoms with Crippen LogP contribution in [0.3, 0.4) is 0 Å². The molecule has 2 aliphatic carbocycles. The van der Waals surface area contributed by atoms with Crippen molar-refractivity contribution in [3.8, 4) is 0 Å². The van der Waals surface area contributed by atoms with Gasteiger partial charge in [0.15, 0.2) is 0 Å². The smallest absolute Gasteiger partial charge is 0.342 e. The second-order valence-electron chi connectivity index (χ2n) is 12.5. The average molecular weight is 604 g/mol. The Labute approximate surface area is 257 Å². The van der Waals surface area contributed by atoms with E-state index in [1.165, 1.54) is 12.4 Å². The predicted octanol–water partition coefficient (Wildman–Crippen LogP) is 3.82. The zero-order chi connectivity index (χ0) is 31.6. The maximum atomic E-state index is 13.6. The normalized spacial score (nSPS) is 30.1. The summed E-state index contributed by atoms with van der Waals surface area (Å²) >= 11 is 0. The van der Waals surface area contributed by atoms with Gasteiger partial charge in [-0.2, -0.15) is 0 Å². The number of aromatic nitrogens is 3. The van der Waals surface area contributed by atoms with Crippen LogP contribution >= 0.6 is 0 Å². The van der Waals surface area contributed by atoms with E-state index < -0.39 is 29.5 Å². The number of nitrogen functional groups attached to an aromatic ring is 1. The van der Waals surface area contributed by atoms with Gasteiger partial charge in [-0.15, -0.1) is 0 Å². The summed E-state index contributed by atoms with van der Waals surface area (Å²) in [5.74, 6) is -0.639. The summed E-state index contributed by atoms with van der Waals surface area (Å²) in [6.45, 7) is 10.3. The SMILES string of the molecule is C=C1CCC2[C@](C)(CC[C@@H](O)[C@@]2(C)CO)C1CC(Nc1ccccn1)C1=CC(=C(C(=O)OCC)c2cnc(N)nc2)OC1=O. The molecular weight excluding hydrogens is 562 g/mol. The van der Waals surface area contributed by atoms with Crippen molar-refractivity contribution in [1.82, 2.24) is 15.0 Å². The minimum atomic E-state index is -0.685.